The molecule has 0 saturated heterocycles. The van der Waals surface area contributed by atoms with E-state index in [4.69, 9.17) is 5.11 Å². The lowest BCUT2D eigenvalue weighted by Crippen LogP contribution is -2.20. The van der Waals surface area contributed by atoms with Gasteiger partial charge in [-0.1, -0.05) is 121 Å². The molecule has 0 heterocycles. The Labute approximate surface area is 162 Å². The van der Waals surface area contributed by atoms with Gasteiger partial charge in [-0.15, -0.1) is 0 Å². The van der Waals surface area contributed by atoms with Gasteiger partial charge in [-0.25, -0.2) is 0 Å². The van der Waals surface area contributed by atoms with Crippen molar-refractivity contribution < 1.29 is 5.11 Å². The van der Waals surface area contributed by atoms with E-state index in [0.29, 0.717) is 0 Å². The van der Waals surface area contributed by atoms with E-state index >= 15 is 0 Å². The Bertz CT molecular complexity index is 800. The molecule has 2 heteroatoms. The molecule has 4 aromatic rings. The van der Waals surface area contributed by atoms with E-state index in [2.05, 4.69) is 91.0 Å². The lowest BCUT2D eigenvalue weighted by atomic mass is 10.2. The number of hydrogen-bond acceptors (Lipinski definition) is 1. The predicted molar refractivity (Wildman–Crippen MR) is 118 cm³/mol. The topological polar surface area (TPSA) is 20.2 Å². The van der Waals surface area contributed by atoms with Gasteiger partial charge in [0.15, 0.2) is 0 Å². The molecular formula is C25H23OP. The lowest BCUT2D eigenvalue weighted by Gasteiger charge is -2.18. The third-order valence-electron chi connectivity index (χ3n) is 4.07. The van der Waals surface area contributed by atoms with Crippen molar-refractivity contribution in [3.8, 4) is 0 Å². The van der Waals surface area contributed by atoms with Crippen LogP contribution in [0.5, 0.6) is 0 Å². The number of aliphatic hydroxyl groups is 1. The van der Waals surface area contributed by atoms with Gasteiger partial charge in [-0.3, -0.25) is 0 Å². The molecule has 0 aromatic heterocycles. The van der Waals surface area contributed by atoms with E-state index in [0.717, 1.165) is 5.56 Å². The van der Waals surface area contributed by atoms with Crippen molar-refractivity contribution in [3.05, 3.63) is 127 Å². The molecule has 4 rings (SSSR count). The van der Waals surface area contributed by atoms with Gasteiger partial charge in [0.2, 0.25) is 0 Å². The van der Waals surface area contributed by atoms with Crippen molar-refractivity contribution in [1.82, 2.24) is 0 Å². The van der Waals surface area contributed by atoms with Gasteiger partial charge in [-0.2, -0.15) is 0 Å². The standard InChI is InChI=1S/C18H15P.C7H8O/c1-4-10-16(11-5-1)19(17-12-6-2-7-13-17)18-14-8-3-9-15-18;8-6-7-4-2-1-3-5-7/h1-15H;1-5,8H,6H2. The average Bonchev–Trinajstić information content (AvgIpc) is 2.77. The molecule has 0 spiro atoms. The Balaban J connectivity index is 0.000000221. The van der Waals surface area contributed by atoms with Crippen molar-refractivity contribution in [2.45, 2.75) is 6.61 Å². The second-order valence-corrected chi connectivity index (χ2v) is 8.21. The second kappa shape index (κ2) is 10.4. The highest BCUT2D eigenvalue weighted by Crippen LogP contribution is 2.32. The first-order valence-electron chi connectivity index (χ1n) is 8.98. The molecule has 0 aliphatic heterocycles. The first-order chi connectivity index (χ1) is 13.4. The van der Waals surface area contributed by atoms with Crippen molar-refractivity contribution in [2.24, 2.45) is 0 Å². The summed E-state index contributed by atoms with van der Waals surface area (Å²) in [5.74, 6) is 0. The smallest absolute Gasteiger partial charge is 0.0681 e. The monoisotopic (exact) mass is 370 g/mol. The van der Waals surface area contributed by atoms with Crippen LogP contribution in [0.1, 0.15) is 5.56 Å². The summed E-state index contributed by atoms with van der Waals surface area (Å²) in [7, 11) is -0.446. The Hall–Kier alpha value is -2.73. The molecule has 4 aromatic carbocycles. The second-order valence-electron chi connectivity index (χ2n) is 5.99. The van der Waals surface area contributed by atoms with E-state index in [1.165, 1.54) is 15.9 Å². The van der Waals surface area contributed by atoms with Crippen LogP contribution >= 0.6 is 7.92 Å². The zero-order valence-corrected chi connectivity index (χ0v) is 16.0. The number of aliphatic hydroxyl groups excluding tert-OH is 1. The minimum absolute atomic E-state index is 0.140. The fourth-order valence-electron chi connectivity index (χ4n) is 2.76. The highest BCUT2D eigenvalue weighted by atomic mass is 31.1. The molecule has 1 N–H and O–H groups in total. The molecule has 0 bridgehead atoms. The highest BCUT2D eigenvalue weighted by molar-refractivity contribution is 7.79. The van der Waals surface area contributed by atoms with Crippen molar-refractivity contribution in [3.63, 3.8) is 0 Å². The van der Waals surface area contributed by atoms with Crippen molar-refractivity contribution in [1.29, 1.82) is 0 Å². The summed E-state index contributed by atoms with van der Waals surface area (Å²) < 4.78 is 0. The third kappa shape index (κ3) is 5.62. The SMILES string of the molecule is OCc1ccccc1.c1ccc(P(c2ccccc2)c2ccccc2)cc1. The van der Waals surface area contributed by atoms with E-state index < -0.39 is 7.92 Å². The minimum atomic E-state index is -0.446. The molecule has 0 aliphatic rings. The summed E-state index contributed by atoms with van der Waals surface area (Å²) in [6, 6.07) is 41.8. The molecular weight excluding hydrogens is 347 g/mol. The van der Waals surface area contributed by atoms with Crippen LogP contribution in [0.3, 0.4) is 0 Å². The van der Waals surface area contributed by atoms with Crippen LogP contribution in [0.15, 0.2) is 121 Å². The Kier molecular flexibility index (Phi) is 7.35. The molecule has 0 saturated carbocycles. The molecule has 0 fully saturated rings. The molecule has 0 atom stereocenters. The van der Waals surface area contributed by atoms with Crippen LogP contribution < -0.4 is 15.9 Å². The maximum Gasteiger partial charge on any atom is 0.0681 e. The molecule has 0 aliphatic carbocycles. The first-order valence-corrected chi connectivity index (χ1v) is 10.3. The minimum Gasteiger partial charge on any atom is -0.392 e. The Morgan fingerprint density at radius 1 is 0.444 bits per heavy atom. The highest BCUT2D eigenvalue weighted by Gasteiger charge is 2.14. The summed E-state index contributed by atoms with van der Waals surface area (Å²) in [5, 5.41) is 12.7. The van der Waals surface area contributed by atoms with E-state index in [-0.39, 0.29) is 6.61 Å². The number of benzene rings is 4. The van der Waals surface area contributed by atoms with E-state index in [1.807, 2.05) is 30.3 Å². The Morgan fingerprint density at radius 2 is 0.741 bits per heavy atom. The summed E-state index contributed by atoms with van der Waals surface area (Å²) in [6.45, 7) is 0.140. The molecule has 1 nitrogen and oxygen atoms in total. The van der Waals surface area contributed by atoms with Gasteiger partial charge in [-0.05, 0) is 29.4 Å². The summed E-state index contributed by atoms with van der Waals surface area (Å²) in [4.78, 5) is 0. The van der Waals surface area contributed by atoms with Crippen LogP contribution in [-0.2, 0) is 6.61 Å². The average molecular weight is 370 g/mol. The first kappa shape index (κ1) is 19.0. The van der Waals surface area contributed by atoms with Gasteiger partial charge >= 0.3 is 0 Å². The van der Waals surface area contributed by atoms with Gasteiger partial charge in [0.1, 0.15) is 0 Å². The lowest BCUT2D eigenvalue weighted by molar-refractivity contribution is 0.282. The molecule has 0 radical (unpaired) electrons. The Morgan fingerprint density at radius 3 is 1.00 bits per heavy atom. The maximum atomic E-state index is 8.54. The van der Waals surface area contributed by atoms with Crippen LogP contribution in [0.2, 0.25) is 0 Å². The molecule has 134 valence electrons. The van der Waals surface area contributed by atoms with Gasteiger partial charge in [0.05, 0.1) is 6.61 Å². The fourth-order valence-corrected chi connectivity index (χ4v) is 5.07. The zero-order valence-electron chi connectivity index (χ0n) is 15.1. The van der Waals surface area contributed by atoms with Crippen molar-refractivity contribution >= 4 is 23.8 Å². The molecule has 27 heavy (non-hydrogen) atoms. The molecule has 0 amide bonds. The van der Waals surface area contributed by atoms with Gasteiger partial charge in [0.25, 0.3) is 0 Å². The molecule has 0 unspecified atom stereocenters. The number of rotatable bonds is 4. The van der Waals surface area contributed by atoms with E-state index in [1.54, 1.807) is 0 Å². The largest absolute Gasteiger partial charge is 0.392 e. The van der Waals surface area contributed by atoms with Crippen molar-refractivity contribution in [2.75, 3.05) is 0 Å². The van der Waals surface area contributed by atoms with Crippen LogP contribution in [0, 0.1) is 0 Å². The third-order valence-corrected chi connectivity index (χ3v) is 6.51. The van der Waals surface area contributed by atoms with E-state index in [9.17, 15) is 0 Å². The maximum absolute atomic E-state index is 8.54. The van der Waals surface area contributed by atoms with Gasteiger partial charge in [0, 0.05) is 0 Å². The van der Waals surface area contributed by atoms with Gasteiger partial charge < -0.3 is 5.11 Å². The predicted octanol–water partition coefficient (Wildman–Crippen LogP) is 4.62. The van der Waals surface area contributed by atoms with Crippen LogP contribution in [0.25, 0.3) is 0 Å². The zero-order chi connectivity index (χ0) is 18.7. The summed E-state index contributed by atoms with van der Waals surface area (Å²) in [6.07, 6.45) is 0. The fraction of sp³-hybridized carbons (Fsp3) is 0.0400. The van der Waals surface area contributed by atoms with Crippen LogP contribution in [0.4, 0.5) is 0 Å². The quantitative estimate of drug-likeness (QED) is 0.520. The summed E-state index contributed by atoms with van der Waals surface area (Å²) >= 11 is 0. The normalized spacial score (nSPS) is 10.1. The summed E-state index contributed by atoms with van der Waals surface area (Å²) in [5.41, 5.74) is 0.965. The van der Waals surface area contributed by atoms with Crippen LogP contribution in [-0.4, -0.2) is 5.11 Å². The number of hydrogen-bond donors (Lipinski definition) is 1.